The molecule has 2 rings (SSSR count). The van der Waals surface area contributed by atoms with E-state index in [9.17, 15) is 23.1 Å². The Morgan fingerprint density at radius 2 is 2.00 bits per heavy atom. The average Bonchev–Trinajstić information content (AvgIpc) is 2.52. The molecule has 0 aliphatic carbocycles. The van der Waals surface area contributed by atoms with Gasteiger partial charge in [0.25, 0.3) is 0 Å². The molecule has 1 aliphatic rings. The summed E-state index contributed by atoms with van der Waals surface area (Å²) in [5, 5.41) is 12.2. The number of aromatic nitrogens is 1. The molecule has 0 atom stereocenters. The molecule has 2 heterocycles. The number of likely N-dealkylation sites (tertiary alicyclic amines) is 1. The van der Waals surface area contributed by atoms with Gasteiger partial charge in [-0.25, -0.2) is 9.78 Å². The van der Waals surface area contributed by atoms with E-state index < -0.39 is 30.7 Å². The van der Waals surface area contributed by atoms with Crippen molar-refractivity contribution in [2.45, 2.75) is 31.2 Å². The van der Waals surface area contributed by atoms with Crippen LogP contribution in [0, 0.1) is 0 Å². The van der Waals surface area contributed by atoms with E-state index in [1.807, 2.05) is 31.1 Å². The Balaban J connectivity index is 1.87. The molecule has 0 saturated carbocycles. The molecule has 1 aliphatic heterocycles. The number of amides is 2. The Morgan fingerprint density at radius 1 is 1.38 bits per heavy atom. The highest BCUT2D eigenvalue weighted by atomic mass is 19.4. The number of carbonyl (C=O) groups is 1. The monoisotopic (exact) mass is 346 g/mol. The van der Waals surface area contributed by atoms with E-state index in [4.69, 9.17) is 0 Å². The van der Waals surface area contributed by atoms with E-state index in [1.165, 1.54) is 4.90 Å². The molecule has 134 valence electrons. The number of hydrogen-bond acceptors (Lipinski definition) is 4. The fourth-order valence-corrected chi connectivity index (χ4v) is 2.46. The van der Waals surface area contributed by atoms with Gasteiger partial charge in [0.15, 0.2) is 5.60 Å². The molecule has 0 unspecified atom stereocenters. The number of halogens is 3. The lowest BCUT2D eigenvalue weighted by molar-refractivity contribution is -0.271. The van der Waals surface area contributed by atoms with E-state index in [0.29, 0.717) is 5.69 Å². The second-order valence-corrected chi connectivity index (χ2v) is 6.06. The van der Waals surface area contributed by atoms with E-state index >= 15 is 0 Å². The van der Waals surface area contributed by atoms with Gasteiger partial charge in [-0.15, -0.1) is 0 Å². The first-order valence-corrected chi connectivity index (χ1v) is 7.57. The van der Waals surface area contributed by atoms with Crippen LogP contribution in [-0.2, 0) is 6.54 Å². The third-order valence-corrected chi connectivity index (χ3v) is 4.08. The fraction of sp³-hybridized carbons (Fsp3) is 0.600. The Morgan fingerprint density at radius 3 is 2.54 bits per heavy atom. The Labute approximate surface area is 138 Å². The van der Waals surface area contributed by atoms with E-state index in [0.717, 1.165) is 5.82 Å². The molecule has 1 aromatic heterocycles. The van der Waals surface area contributed by atoms with Gasteiger partial charge < -0.3 is 20.2 Å². The summed E-state index contributed by atoms with van der Waals surface area (Å²) in [4.78, 5) is 19.5. The molecule has 2 N–H and O–H groups in total. The number of anilines is 1. The van der Waals surface area contributed by atoms with Crippen molar-refractivity contribution < 1.29 is 23.1 Å². The van der Waals surface area contributed by atoms with Crippen molar-refractivity contribution in [1.82, 2.24) is 15.2 Å². The van der Waals surface area contributed by atoms with Crippen LogP contribution in [0.1, 0.15) is 18.5 Å². The summed E-state index contributed by atoms with van der Waals surface area (Å²) in [7, 11) is 3.69. The number of aliphatic hydroxyl groups is 1. The number of nitrogens with one attached hydrogen (secondary N) is 1. The third kappa shape index (κ3) is 4.08. The Kier molecular flexibility index (Phi) is 5.22. The van der Waals surface area contributed by atoms with Crippen LogP contribution < -0.4 is 10.2 Å². The number of pyridine rings is 1. The van der Waals surface area contributed by atoms with Crippen LogP contribution >= 0.6 is 0 Å². The van der Waals surface area contributed by atoms with Gasteiger partial charge in [-0.05, 0) is 12.1 Å². The maximum atomic E-state index is 12.7. The molecule has 0 aromatic carbocycles. The van der Waals surface area contributed by atoms with Gasteiger partial charge in [-0.3, -0.25) is 0 Å². The highest BCUT2D eigenvalue weighted by molar-refractivity contribution is 5.74. The van der Waals surface area contributed by atoms with Crippen molar-refractivity contribution >= 4 is 11.8 Å². The van der Waals surface area contributed by atoms with Crippen LogP contribution in [0.15, 0.2) is 18.2 Å². The topological polar surface area (TPSA) is 68.7 Å². The van der Waals surface area contributed by atoms with Crippen molar-refractivity contribution in [3.05, 3.63) is 23.9 Å². The number of rotatable bonds is 3. The van der Waals surface area contributed by atoms with Crippen LogP contribution in [0.25, 0.3) is 0 Å². The molecule has 1 aromatic rings. The summed E-state index contributed by atoms with van der Waals surface area (Å²) in [6.45, 7) is -0.111. The lowest BCUT2D eigenvalue weighted by Gasteiger charge is -2.38. The summed E-state index contributed by atoms with van der Waals surface area (Å²) in [5.41, 5.74) is -2.05. The molecule has 1 saturated heterocycles. The van der Waals surface area contributed by atoms with Gasteiger partial charge in [0.1, 0.15) is 5.82 Å². The molecule has 0 radical (unpaired) electrons. The van der Waals surface area contributed by atoms with E-state index in [2.05, 4.69) is 10.3 Å². The molecule has 0 spiro atoms. The van der Waals surface area contributed by atoms with Crippen molar-refractivity contribution in [3.63, 3.8) is 0 Å². The zero-order chi connectivity index (χ0) is 18.0. The summed E-state index contributed by atoms with van der Waals surface area (Å²) in [5.74, 6) is 0.745. The van der Waals surface area contributed by atoms with Gasteiger partial charge in [0.05, 0.1) is 12.2 Å². The summed E-state index contributed by atoms with van der Waals surface area (Å²) < 4.78 is 38.2. The van der Waals surface area contributed by atoms with Gasteiger partial charge in [0, 0.05) is 40.0 Å². The zero-order valence-corrected chi connectivity index (χ0v) is 13.6. The lowest BCUT2D eigenvalue weighted by atomic mass is 9.91. The van der Waals surface area contributed by atoms with E-state index in [-0.39, 0.29) is 19.6 Å². The number of alkyl halides is 3. The normalized spacial score (nSPS) is 17.5. The molecule has 0 bridgehead atoms. The number of hydrogen-bond donors (Lipinski definition) is 2. The largest absolute Gasteiger partial charge is 0.417 e. The van der Waals surface area contributed by atoms with Crippen molar-refractivity contribution in [1.29, 1.82) is 0 Å². The van der Waals surface area contributed by atoms with Crippen LogP contribution in [0.3, 0.4) is 0 Å². The second kappa shape index (κ2) is 6.84. The van der Waals surface area contributed by atoms with Gasteiger partial charge in [-0.2, -0.15) is 13.2 Å². The highest BCUT2D eigenvalue weighted by Gasteiger charge is 2.54. The van der Waals surface area contributed by atoms with Crippen LogP contribution in [0.4, 0.5) is 23.8 Å². The standard InChI is InChI=1S/C15H21F3N4O2/c1-21(2)12-5-3-4-11(20-12)10-19-13(23)22-8-6-14(24,7-9-22)15(16,17)18/h3-5,24H,6-10H2,1-2H3,(H,19,23). The highest BCUT2D eigenvalue weighted by Crippen LogP contribution is 2.38. The first-order valence-electron chi connectivity index (χ1n) is 7.57. The quantitative estimate of drug-likeness (QED) is 0.875. The Bertz CT molecular complexity index is 584. The van der Waals surface area contributed by atoms with Gasteiger partial charge >= 0.3 is 12.2 Å². The zero-order valence-electron chi connectivity index (χ0n) is 13.6. The second-order valence-electron chi connectivity index (χ2n) is 6.06. The van der Waals surface area contributed by atoms with Crippen LogP contribution in [0.5, 0.6) is 0 Å². The molecular formula is C15H21F3N4O2. The fourth-order valence-electron chi connectivity index (χ4n) is 2.46. The molecular weight excluding hydrogens is 325 g/mol. The first-order chi connectivity index (χ1) is 11.1. The Hall–Kier alpha value is -2.03. The maximum absolute atomic E-state index is 12.7. The van der Waals surface area contributed by atoms with Crippen molar-refractivity contribution in [2.24, 2.45) is 0 Å². The van der Waals surface area contributed by atoms with Crippen LogP contribution in [0.2, 0.25) is 0 Å². The van der Waals surface area contributed by atoms with Crippen LogP contribution in [-0.4, -0.2) is 60.0 Å². The van der Waals surface area contributed by atoms with Crippen molar-refractivity contribution in [2.75, 3.05) is 32.1 Å². The molecule has 2 amide bonds. The first kappa shape index (κ1) is 18.3. The number of piperidine rings is 1. The smallest absolute Gasteiger partial charge is 0.380 e. The van der Waals surface area contributed by atoms with Gasteiger partial charge in [0.2, 0.25) is 0 Å². The number of nitrogens with zero attached hydrogens (tertiary/aromatic N) is 3. The minimum atomic E-state index is -4.67. The maximum Gasteiger partial charge on any atom is 0.417 e. The van der Waals surface area contributed by atoms with E-state index in [1.54, 1.807) is 6.07 Å². The number of carbonyl (C=O) groups excluding carboxylic acids is 1. The molecule has 9 heteroatoms. The molecule has 1 fully saturated rings. The minimum absolute atomic E-state index is 0.146. The lowest BCUT2D eigenvalue weighted by Crippen LogP contribution is -2.55. The number of urea groups is 1. The molecule has 24 heavy (non-hydrogen) atoms. The minimum Gasteiger partial charge on any atom is -0.380 e. The third-order valence-electron chi connectivity index (χ3n) is 4.08. The summed E-state index contributed by atoms with van der Waals surface area (Å²) in [6, 6.07) is 4.94. The van der Waals surface area contributed by atoms with Gasteiger partial charge in [-0.1, -0.05) is 6.07 Å². The summed E-state index contributed by atoms with van der Waals surface area (Å²) >= 11 is 0. The van der Waals surface area contributed by atoms with Crippen molar-refractivity contribution in [3.8, 4) is 0 Å². The predicted molar refractivity (Wildman–Crippen MR) is 82.6 cm³/mol. The molecule has 6 nitrogen and oxygen atoms in total. The predicted octanol–water partition coefficient (Wildman–Crippen LogP) is 1.75. The summed E-state index contributed by atoms with van der Waals surface area (Å²) in [6.07, 6.45) is -5.71. The average molecular weight is 346 g/mol. The SMILES string of the molecule is CN(C)c1cccc(CNC(=O)N2CCC(O)(C(F)(F)F)CC2)n1.